The zero-order valence-corrected chi connectivity index (χ0v) is 9.64. The van der Waals surface area contributed by atoms with Crippen LogP contribution in [0, 0.1) is 0 Å². The molecule has 1 aromatic carbocycles. The van der Waals surface area contributed by atoms with Gasteiger partial charge in [-0.25, -0.2) is 0 Å². The van der Waals surface area contributed by atoms with Crippen molar-refractivity contribution >= 4 is 11.4 Å². The van der Waals surface area contributed by atoms with Crippen LogP contribution in [-0.2, 0) is 0 Å². The van der Waals surface area contributed by atoms with Gasteiger partial charge in [0.1, 0.15) is 0 Å². The number of benzene rings is 1. The topological polar surface area (TPSA) is 24.4 Å². The summed E-state index contributed by atoms with van der Waals surface area (Å²) in [7, 11) is 0. The highest BCUT2D eigenvalue weighted by Gasteiger charge is 2.03. The third-order valence-electron chi connectivity index (χ3n) is 2.48. The van der Waals surface area contributed by atoms with Crippen LogP contribution in [0.25, 0.3) is 5.70 Å². The molecule has 0 aromatic heterocycles. The first kappa shape index (κ1) is 10.7. The van der Waals surface area contributed by atoms with E-state index in [0.29, 0.717) is 6.04 Å². The predicted octanol–water partition coefficient (Wildman–Crippen LogP) is 2.99. The van der Waals surface area contributed by atoms with E-state index in [1.54, 1.807) is 0 Å². The Morgan fingerprint density at radius 2 is 1.94 bits per heavy atom. The van der Waals surface area contributed by atoms with E-state index in [4.69, 9.17) is 0 Å². The van der Waals surface area contributed by atoms with Crippen LogP contribution in [0.1, 0.15) is 19.4 Å². The zero-order valence-electron chi connectivity index (χ0n) is 9.64. The van der Waals surface area contributed by atoms with Gasteiger partial charge in [-0.05, 0) is 19.9 Å². The lowest BCUT2D eigenvalue weighted by molar-refractivity contribution is 0.769. The van der Waals surface area contributed by atoms with Crippen molar-refractivity contribution in [3.63, 3.8) is 0 Å². The molecule has 1 heterocycles. The van der Waals surface area contributed by atoms with Crippen molar-refractivity contribution in [1.29, 1.82) is 0 Å². The highest BCUT2D eigenvalue weighted by molar-refractivity contribution is 5.96. The maximum Gasteiger partial charge on any atom is 0.0861 e. The van der Waals surface area contributed by atoms with E-state index < -0.39 is 0 Å². The van der Waals surface area contributed by atoms with Gasteiger partial charge in [-0.2, -0.15) is 0 Å². The van der Waals surface area contributed by atoms with Crippen molar-refractivity contribution in [3.05, 3.63) is 54.2 Å². The number of nitrogens with zero attached hydrogens (tertiary/aromatic N) is 1. The molecule has 2 rings (SSSR count). The lowest BCUT2D eigenvalue weighted by Crippen LogP contribution is -2.19. The van der Waals surface area contributed by atoms with Crippen molar-refractivity contribution in [2.24, 2.45) is 4.99 Å². The first-order valence-electron chi connectivity index (χ1n) is 5.51. The number of rotatable bonds is 1. The standard InChI is InChI=1S/C14H16N2/c1-11-8-9-12(2)16-14(10-15-11)13-6-4-3-5-7-13/h3-11,15H,1-2H3/b9-8?,14-10-,16-12?. The van der Waals surface area contributed by atoms with Crippen molar-refractivity contribution < 1.29 is 0 Å². The summed E-state index contributed by atoms with van der Waals surface area (Å²) in [6, 6.07) is 10.5. The second-order valence-electron chi connectivity index (χ2n) is 3.96. The quantitative estimate of drug-likeness (QED) is 0.760. The molecule has 82 valence electrons. The molecule has 2 nitrogen and oxygen atoms in total. The molecule has 0 aliphatic carbocycles. The minimum absolute atomic E-state index is 0.337. The van der Waals surface area contributed by atoms with Gasteiger partial charge in [-0.1, -0.05) is 36.4 Å². The Labute approximate surface area is 96.4 Å². The predicted molar refractivity (Wildman–Crippen MR) is 69.3 cm³/mol. The molecule has 1 atom stereocenters. The van der Waals surface area contributed by atoms with Crippen LogP contribution in [0.5, 0.6) is 0 Å². The molecule has 2 heteroatoms. The van der Waals surface area contributed by atoms with Crippen molar-refractivity contribution in [2.45, 2.75) is 19.9 Å². The number of hydrogen-bond acceptors (Lipinski definition) is 2. The highest BCUT2D eigenvalue weighted by atomic mass is 14.9. The number of hydrogen-bond donors (Lipinski definition) is 1. The molecule has 0 bridgehead atoms. The largest absolute Gasteiger partial charge is 0.383 e. The van der Waals surface area contributed by atoms with Crippen LogP contribution in [0.15, 0.2) is 53.7 Å². The van der Waals surface area contributed by atoms with E-state index in [0.717, 1.165) is 17.0 Å². The zero-order chi connectivity index (χ0) is 11.4. The molecule has 1 N–H and O–H groups in total. The summed E-state index contributed by atoms with van der Waals surface area (Å²) in [4.78, 5) is 4.57. The van der Waals surface area contributed by atoms with Crippen LogP contribution in [0.2, 0.25) is 0 Å². The van der Waals surface area contributed by atoms with Gasteiger partial charge in [0, 0.05) is 23.5 Å². The summed E-state index contributed by atoms with van der Waals surface area (Å²) in [5.74, 6) is 0. The number of allylic oxidation sites excluding steroid dienone is 1. The summed E-state index contributed by atoms with van der Waals surface area (Å²) in [5, 5.41) is 3.30. The van der Waals surface area contributed by atoms with Gasteiger partial charge in [0.05, 0.1) is 5.70 Å². The molecule has 0 amide bonds. The second-order valence-corrected chi connectivity index (χ2v) is 3.96. The Bertz CT molecular complexity index is 441. The van der Waals surface area contributed by atoms with Crippen molar-refractivity contribution in [1.82, 2.24) is 5.32 Å². The Balaban J connectivity index is 2.37. The van der Waals surface area contributed by atoms with Crippen LogP contribution < -0.4 is 5.32 Å². The van der Waals surface area contributed by atoms with Crippen LogP contribution >= 0.6 is 0 Å². The van der Waals surface area contributed by atoms with E-state index in [9.17, 15) is 0 Å². The summed E-state index contributed by atoms with van der Waals surface area (Å²) >= 11 is 0. The fraction of sp³-hybridized carbons (Fsp3) is 0.214. The first-order chi connectivity index (χ1) is 7.75. The van der Waals surface area contributed by atoms with E-state index in [1.165, 1.54) is 0 Å². The Morgan fingerprint density at radius 3 is 2.69 bits per heavy atom. The Morgan fingerprint density at radius 1 is 1.19 bits per heavy atom. The Kier molecular flexibility index (Phi) is 3.20. The molecular weight excluding hydrogens is 196 g/mol. The minimum Gasteiger partial charge on any atom is -0.383 e. The summed E-state index contributed by atoms with van der Waals surface area (Å²) < 4.78 is 0. The maximum absolute atomic E-state index is 4.57. The minimum atomic E-state index is 0.337. The highest BCUT2D eigenvalue weighted by Crippen LogP contribution is 2.16. The molecule has 1 aromatic rings. The van der Waals surface area contributed by atoms with Gasteiger partial charge in [0.2, 0.25) is 0 Å². The van der Waals surface area contributed by atoms with Crippen LogP contribution in [0.4, 0.5) is 0 Å². The fourth-order valence-electron chi connectivity index (χ4n) is 1.57. The fourth-order valence-corrected chi connectivity index (χ4v) is 1.57. The van der Waals surface area contributed by atoms with E-state index >= 15 is 0 Å². The molecule has 16 heavy (non-hydrogen) atoms. The molecule has 0 radical (unpaired) electrons. The second kappa shape index (κ2) is 4.79. The molecule has 0 fully saturated rings. The van der Waals surface area contributed by atoms with Crippen molar-refractivity contribution in [2.75, 3.05) is 0 Å². The summed E-state index contributed by atoms with van der Waals surface area (Å²) in [6.45, 7) is 4.14. The lowest BCUT2D eigenvalue weighted by atomic mass is 10.1. The normalized spacial score (nSPS) is 23.5. The lowest BCUT2D eigenvalue weighted by Gasteiger charge is -2.12. The van der Waals surface area contributed by atoms with E-state index in [1.807, 2.05) is 37.4 Å². The SMILES string of the molecule is CC1=N/C(c2ccccc2)=C\NC(C)C=C1. The van der Waals surface area contributed by atoms with Gasteiger partial charge < -0.3 is 5.32 Å². The van der Waals surface area contributed by atoms with E-state index in [-0.39, 0.29) is 0 Å². The molecular formula is C14H16N2. The third-order valence-corrected chi connectivity index (χ3v) is 2.48. The number of aliphatic imine (C=N–C) groups is 1. The first-order valence-corrected chi connectivity index (χ1v) is 5.51. The molecule has 1 unspecified atom stereocenters. The third kappa shape index (κ3) is 2.60. The molecule has 1 aliphatic heterocycles. The summed E-state index contributed by atoms with van der Waals surface area (Å²) in [5.41, 5.74) is 3.15. The molecule has 0 saturated heterocycles. The van der Waals surface area contributed by atoms with Crippen LogP contribution in [-0.4, -0.2) is 11.8 Å². The Hall–Kier alpha value is -1.83. The van der Waals surface area contributed by atoms with Gasteiger partial charge in [-0.15, -0.1) is 0 Å². The monoisotopic (exact) mass is 212 g/mol. The maximum atomic E-state index is 4.57. The van der Waals surface area contributed by atoms with E-state index in [2.05, 4.69) is 35.4 Å². The van der Waals surface area contributed by atoms with Gasteiger partial charge in [-0.3, -0.25) is 4.99 Å². The average molecular weight is 212 g/mol. The van der Waals surface area contributed by atoms with Crippen molar-refractivity contribution in [3.8, 4) is 0 Å². The summed E-state index contributed by atoms with van der Waals surface area (Å²) in [6.07, 6.45) is 6.14. The number of nitrogens with one attached hydrogen (secondary N) is 1. The molecule has 0 spiro atoms. The van der Waals surface area contributed by atoms with Gasteiger partial charge in [0.15, 0.2) is 0 Å². The average Bonchev–Trinajstić information content (AvgIpc) is 2.31. The smallest absolute Gasteiger partial charge is 0.0861 e. The van der Waals surface area contributed by atoms with Gasteiger partial charge >= 0.3 is 0 Å². The molecule has 1 aliphatic rings. The van der Waals surface area contributed by atoms with Crippen LogP contribution in [0.3, 0.4) is 0 Å². The molecule has 0 saturated carbocycles. The van der Waals surface area contributed by atoms with Gasteiger partial charge in [0.25, 0.3) is 0 Å².